The van der Waals surface area contributed by atoms with Gasteiger partial charge in [0.2, 0.25) is 8.32 Å². The molecular weight excluding hydrogens is 376 g/mol. The van der Waals surface area contributed by atoms with Crippen LogP contribution in [0.4, 0.5) is 0 Å². The molecule has 0 aliphatic rings. The second kappa shape index (κ2) is 12.7. The third kappa shape index (κ3) is 7.04. The van der Waals surface area contributed by atoms with Crippen molar-refractivity contribution in [3.63, 3.8) is 0 Å². The highest BCUT2D eigenvalue weighted by Crippen LogP contribution is 2.44. The van der Waals surface area contributed by atoms with Crippen LogP contribution in [0.2, 0.25) is 16.6 Å². The summed E-state index contributed by atoms with van der Waals surface area (Å²) in [4.78, 5) is 11.5. The van der Waals surface area contributed by atoms with Gasteiger partial charge in [0.25, 0.3) is 0 Å². The molecule has 0 radical (unpaired) electrons. The van der Waals surface area contributed by atoms with Gasteiger partial charge in [0, 0.05) is 6.42 Å². The van der Waals surface area contributed by atoms with E-state index >= 15 is 0 Å². The van der Waals surface area contributed by atoms with Crippen LogP contribution in [0.15, 0.2) is 30.3 Å². The Labute approximate surface area is 180 Å². The van der Waals surface area contributed by atoms with Crippen molar-refractivity contribution in [1.29, 1.82) is 0 Å². The average molecular weight is 421 g/mol. The highest BCUT2D eigenvalue weighted by molar-refractivity contribution is 6.77. The molecule has 0 N–H and O–H groups in total. The van der Waals surface area contributed by atoms with E-state index < -0.39 is 8.32 Å². The molecule has 0 aliphatic heterocycles. The van der Waals surface area contributed by atoms with E-state index in [0.29, 0.717) is 29.7 Å². The largest absolute Gasteiger partial charge is 0.410 e. The lowest BCUT2D eigenvalue weighted by atomic mass is 9.91. The summed E-state index contributed by atoms with van der Waals surface area (Å²) in [6.45, 7) is 18.8. The molecular formula is C25H44O3Si. The number of benzene rings is 1. The molecule has 0 bridgehead atoms. The maximum atomic E-state index is 11.5. The van der Waals surface area contributed by atoms with Crippen molar-refractivity contribution in [3.05, 3.63) is 35.9 Å². The Balaban J connectivity index is 3.18. The Morgan fingerprint density at radius 2 is 1.48 bits per heavy atom. The second-order valence-corrected chi connectivity index (χ2v) is 14.8. The van der Waals surface area contributed by atoms with Gasteiger partial charge in [-0.25, -0.2) is 0 Å². The van der Waals surface area contributed by atoms with Gasteiger partial charge < -0.3 is 14.0 Å². The lowest BCUT2D eigenvalue weighted by molar-refractivity contribution is -0.111. The van der Waals surface area contributed by atoms with Crippen LogP contribution in [0.1, 0.15) is 80.2 Å². The molecule has 3 atom stereocenters. The Bertz CT molecular complexity index is 549. The number of hydrogen-bond donors (Lipinski definition) is 0. The fourth-order valence-corrected chi connectivity index (χ4v) is 10.7. The number of rotatable bonds is 14. The average Bonchev–Trinajstić information content (AvgIpc) is 2.67. The van der Waals surface area contributed by atoms with Crippen LogP contribution in [-0.2, 0) is 20.6 Å². The van der Waals surface area contributed by atoms with Crippen molar-refractivity contribution in [2.24, 2.45) is 5.92 Å². The minimum Gasteiger partial charge on any atom is -0.410 e. The smallest absolute Gasteiger partial charge is 0.200 e. The zero-order valence-corrected chi connectivity index (χ0v) is 21.0. The van der Waals surface area contributed by atoms with Crippen molar-refractivity contribution in [1.82, 2.24) is 0 Å². The molecule has 1 aromatic carbocycles. The highest BCUT2D eigenvalue weighted by atomic mass is 28.4. The fraction of sp³-hybridized carbons (Fsp3) is 0.720. The SMILES string of the molecule is CCC[C@@H](CC=O)[C@@H](O[Si](C(C)C)(C(C)C)C(C)C)[C@H](C)OCc1ccccc1. The molecule has 0 aliphatic carbocycles. The first kappa shape index (κ1) is 26.1. The monoisotopic (exact) mass is 420 g/mol. The van der Waals surface area contributed by atoms with Crippen LogP contribution in [0.3, 0.4) is 0 Å². The van der Waals surface area contributed by atoms with E-state index in [9.17, 15) is 4.79 Å². The van der Waals surface area contributed by atoms with Crippen LogP contribution >= 0.6 is 0 Å². The van der Waals surface area contributed by atoms with Gasteiger partial charge in [-0.1, -0.05) is 85.2 Å². The molecule has 0 aromatic heterocycles. The van der Waals surface area contributed by atoms with E-state index in [2.05, 4.69) is 67.5 Å². The quantitative estimate of drug-likeness (QED) is 0.237. The molecule has 3 nitrogen and oxygen atoms in total. The predicted octanol–water partition coefficient (Wildman–Crippen LogP) is 7.16. The molecule has 29 heavy (non-hydrogen) atoms. The van der Waals surface area contributed by atoms with Gasteiger partial charge in [-0.3, -0.25) is 0 Å². The fourth-order valence-electron chi connectivity index (χ4n) is 5.03. The summed E-state index contributed by atoms with van der Waals surface area (Å²) < 4.78 is 13.5. The molecule has 1 aromatic rings. The van der Waals surface area contributed by atoms with Crippen molar-refractivity contribution >= 4 is 14.6 Å². The lowest BCUT2D eigenvalue weighted by Gasteiger charge is -2.47. The maximum absolute atomic E-state index is 11.5. The molecule has 0 heterocycles. The van der Waals surface area contributed by atoms with Crippen molar-refractivity contribution in [2.45, 2.75) is 110 Å². The van der Waals surface area contributed by atoms with Crippen LogP contribution in [0.25, 0.3) is 0 Å². The van der Waals surface area contributed by atoms with Gasteiger partial charge in [-0.15, -0.1) is 0 Å². The van der Waals surface area contributed by atoms with Crippen molar-refractivity contribution in [3.8, 4) is 0 Å². The lowest BCUT2D eigenvalue weighted by Crippen LogP contribution is -2.54. The van der Waals surface area contributed by atoms with Gasteiger partial charge in [0.05, 0.1) is 18.8 Å². The van der Waals surface area contributed by atoms with E-state index in [0.717, 1.165) is 19.1 Å². The molecule has 0 fully saturated rings. The number of carbonyl (C=O) groups excluding carboxylic acids is 1. The molecule has 0 saturated carbocycles. The first-order valence-electron chi connectivity index (χ1n) is 11.5. The first-order chi connectivity index (χ1) is 13.7. The Morgan fingerprint density at radius 1 is 0.931 bits per heavy atom. The van der Waals surface area contributed by atoms with Gasteiger partial charge in [0.1, 0.15) is 6.29 Å². The van der Waals surface area contributed by atoms with Crippen molar-refractivity contribution < 1.29 is 14.0 Å². The normalized spacial score (nSPS) is 15.7. The van der Waals surface area contributed by atoms with Gasteiger partial charge in [-0.2, -0.15) is 0 Å². The first-order valence-corrected chi connectivity index (χ1v) is 13.6. The summed E-state index contributed by atoms with van der Waals surface area (Å²) >= 11 is 0. The summed E-state index contributed by atoms with van der Waals surface area (Å²) in [5, 5.41) is 0. The topological polar surface area (TPSA) is 35.5 Å². The summed E-state index contributed by atoms with van der Waals surface area (Å²) in [6.07, 6.45) is 3.52. The minimum atomic E-state index is -2.08. The van der Waals surface area contributed by atoms with E-state index in [4.69, 9.17) is 9.16 Å². The van der Waals surface area contributed by atoms with Crippen molar-refractivity contribution in [2.75, 3.05) is 0 Å². The standard InChI is InChI=1S/C25H44O3Si/c1-9-13-24(16-17-26)25(22(8)27-18-23-14-11-10-12-15-23)28-29(19(2)3,20(4)5)21(6)7/h10-12,14-15,17,19-22,24-25H,9,13,16,18H2,1-8H3/t22-,24-,25-/m0/s1. The predicted molar refractivity (Wildman–Crippen MR) is 126 cm³/mol. The Kier molecular flexibility index (Phi) is 11.4. The van der Waals surface area contributed by atoms with Crippen LogP contribution in [-0.4, -0.2) is 26.8 Å². The number of hydrogen-bond acceptors (Lipinski definition) is 3. The van der Waals surface area contributed by atoms with Gasteiger partial charge in [-0.05, 0) is 41.4 Å². The molecule has 166 valence electrons. The van der Waals surface area contributed by atoms with Crippen LogP contribution in [0, 0.1) is 5.92 Å². The maximum Gasteiger partial charge on any atom is 0.200 e. The van der Waals surface area contributed by atoms with Gasteiger partial charge in [0.15, 0.2) is 0 Å². The zero-order valence-electron chi connectivity index (χ0n) is 20.0. The highest BCUT2D eigenvalue weighted by Gasteiger charge is 2.48. The van der Waals surface area contributed by atoms with E-state index in [1.807, 2.05) is 18.2 Å². The Morgan fingerprint density at radius 3 is 1.93 bits per heavy atom. The number of ether oxygens (including phenoxy) is 1. The molecule has 0 amide bonds. The van der Waals surface area contributed by atoms with Gasteiger partial charge >= 0.3 is 0 Å². The van der Waals surface area contributed by atoms with Crippen LogP contribution < -0.4 is 0 Å². The summed E-state index contributed by atoms with van der Waals surface area (Å²) in [7, 11) is -2.08. The summed E-state index contributed by atoms with van der Waals surface area (Å²) in [6, 6.07) is 10.3. The zero-order chi connectivity index (χ0) is 22.0. The van der Waals surface area contributed by atoms with E-state index in [1.54, 1.807) is 0 Å². The molecule has 0 spiro atoms. The summed E-state index contributed by atoms with van der Waals surface area (Å²) in [5.74, 6) is 0.200. The molecule has 0 unspecified atom stereocenters. The third-order valence-electron chi connectivity index (χ3n) is 6.39. The summed E-state index contributed by atoms with van der Waals surface area (Å²) in [5.41, 5.74) is 2.68. The van der Waals surface area contributed by atoms with Crippen LogP contribution in [0.5, 0.6) is 0 Å². The Hall–Kier alpha value is -0.973. The second-order valence-electron chi connectivity index (χ2n) is 9.35. The molecule has 4 heteroatoms. The third-order valence-corrected chi connectivity index (χ3v) is 12.5. The number of carbonyl (C=O) groups is 1. The van der Waals surface area contributed by atoms with E-state index in [1.165, 1.54) is 5.56 Å². The molecule has 0 saturated heterocycles. The number of aldehydes is 1. The van der Waals surface area contributed by atoms with E-state index in [-0.39, 0.29) is 18.1 Å². The molecule has 1 rings (SSSR count). The minimum absolute atomic E-state index is 0.0530.